The molecule has 22 heavy (non-hydrogen) atoms. The Balaban J connectivity index is 1.90. The summed E-state index contributed by atoms with van der Waals surface area (Å²) in [4.78, 5) is 0. The van der Waals surface area contributed by atoms with Crippen LogP contribution in [-0.2, 0) is 0 Å². The highest BCUT2D eigenvalue weighted by Crippen LogP contribution is 2.56. The van der Waals surface area contributed by atoms with Crippen molar-refractivity contribution in [3.8, 4) is 11.1 Å². The molecule has 0 amide bonds. The van der Waals surface area contributed by atoms with Crippen LogP contribution in [0.4, 0.5) is 0 Å². The number of allylic oxidation sites excluding steroid dienone is 4. The van der Waals surface area contributed by atoms with E-state index in [1.807, 2.05) is 0 Å². The van der Waals surface area contributed by atoms with Crippen LogP contribution in [0.5, 0.6) is 0 Å². The molecular weight excluding hydrogens is 264 g/mol. The van der Waals surface area contributed by atoms with Crippen LogP contribution in [0.3, 0.4) is 0 Å². The molecule has 2 aliphatic rings. The van der Waals surface area contributed by atoms with E-state index in [-0.39, 0.29) is 5.41 Å². The monoisotopic (exact) mass is 286 g/mol. The van der Waals surface area contributed by atoms with Crippen molar-refractivity contribution in [3.63, 3.8) is 0 Å². The Morgan fingerprint density at radius 3 is 1.86 bits per heavy atom. The highest BCUT2D eigenvalue weighted by atomic mass is 14.5. The maximum Gasteiger partial charge on any atom is 0.0161 e. The summed E-state index contributed by atoms with van der Waals surface area (Å²) in [5, 5.41) is 0. The summed E-state index contributed by atoms with van der Waals surface area (Å²) in [6.07, 6.45) is 7.06. The largest absolute Gasteiger partial charge is 0.0768 e. The molecule has 0 aliphatic heterocycles. The molecule has 2 aromatic carbocycles. The summed E-state index contributed by atoms with van der Waals surface area (Å²) in [5.74, 6) is 0.952. The molecule has 2 aliphatic carbocycles. The Bertz CT molecular complexity index is 744. The van der Waals surface area contributed by atoms with E-state index < -0.39 is 0 Å². The molecule has 110 valence electrons. The smallest absolute Gasteiger partial charge is 0.0161 e. The summed E-state index contributed by atoms with van der Waals surface area (Å²) in [6.45, 7) is 7.03. The predicted octanol–water partition coefficient (Wildman–Crippen LogP) is 5.96. The molecule has 4 rings (SSSR count). The molecule has 0 nitrogen and oxygen atoms in total. The van der Waals surface area contributed by atoms with Gasteiger partial charge in [-0.15, -0.1) is 0 Å². The molecule has 0 saturated heterocycles. The van der Waals surface area contributed by atoms with Crippen molar-refractivity contribution in [1.82, 2.24) is 0 Å². The third kappa shape index (κ3) is 1.83. The first-order valence-corrected chi connectivity index (χ1v) is 8.14. The lowest BCUT2D eigenvalue weighted by molar-refractivity contribution is 0.267. The third-order valence-electron chi connectivity index (χ3n) is 5.45. The van der Waals surface area contributed by atoms with Crippen LogP contribution in [0.1, 0.15) is 37.8 Å². The molecule has 0 N–H and O–H groups in total. The minimum absolute atomic E-state index is 0.164. The van der Waals surface area contributed by atoms with Gasteiger partial charge in [0.1, 0.15) is 0 Å². The van der Waals surface area contributed by atoms with Crippen LogP contribution >= 0.6 is 0 Å². The number of hydrogen-bond donors (Lipinski definition) is 0. The fourth-order valence-corrected chi connectivity index (χ4v) is 4.26. The lowest BCUT2D eigenvalue weighted by atomic mass is 9.66. The second kappa shape index (κ2) is 4.71. The molecule has 0 bridgehead atoms. The molecule has 2 aromatic rings. The van der Waals surface area contributed by atoms with Crippen LogP contribution < -0.4 is 0 Å². The van der Waals surface area contributed by atoms with Gasteiger partial charge in [-0.1, -0.05) is 86.2 Å². The summed E-state index contributed by atoms with van der Waals surface area (Å²) >= 11 is 0. The van der Waals surface area contributed by atoms with E-state index in [1.54, 1.807) is 0 Å². The normalized spacial score (nSPS) is 20.0. The Hall–Kier alpha value is -2.08. The number of rotatable bonds is 2. The second-order valence-corrected chi connectivity index (χ2v) is 7.22. The van der Waals surface area contributed by atoms with Crippen molar-refractivity contribution >= 4 is 0 Å². The van der Waals surface area contributed by atoms with Crippen molar-refractivity contribution < 1.29 is 0 Å². The molecule has 0 heteroatoms. The molecule has 1 atom stereocenters. The van der Waals surface area contributed by atoms with Crippen molar-refractivity contribution in [3.05, 3.63) is 83.5 Å². The van der Waals surface area contributed by atoms with Gasteiger partial charge >= 0.3 is 0 Å². The zero-order valence-corrected chi connectivity index (χ0v) is 13.5. The Morgan fingerprint density at radius 1 is 0.818 bits per heavy atom. The minimum atomic E-state index is 0.164. The van der Waals surface area contributed by atoms with Crippen molar-refractivity contribution in [1.29, 1.82) is 0 Å². The maximum atomic E-state index is 2.42. The van der Waals surface area contributed by atoms with E-state index >= 15 is 0 Å². The SMILES string of the molecule is CC1=CC(C(C)(C)C2c3ccccc3-c3ccccc32)C=C1. The Morgan fingerprint density at radius 2 is 1.36 bits per heavy atom. The third-order valence-corrected chi connectivity index (χ3v) is 5.45. The van der Waals surface area contributed by atoms with Crippen LogP contribution in [0.15, 0.2) is 72.3 Å². The fraction of sp³-hybridized carbons (Fsp3) is 0.273. The summed E-state index contributed by atoms with van der Waals surface area (Å²) in [6, 6.07) is 17.9. The van der Waals surface area contributed by atoms with Gasteiger partial charge in [0.2, 0.25) is 0 Å². The van der Waals surface area contributed by atoms with E-state index in [2.05, 4.69) is 87.5 Å². The van der Waals surface area contributed by atoms with E-state index in [0.717, 1.165) is 0 Å². The van der Waals surface area contributed by atoms with Crippen LogP contribution in [0, 0.1) is 11.3 Å². The van der Waals surface area contributed by atoms with Gasteiger partial charge in [-0.25, -0.2) is 0 Å². The molecule has 1 unspecified atom stereocenters. The van der Waals surface area contributed by atoms with Crippen molar-refractivity contribution in [2.75, 3.05) is 0 Å². The molecule has 0 fully saturated rings. The van der Waals surface area contributed by atoms with E-state index in [1.165, 1.54) is 27.8 Å². The number of benzene rings is 2. The van der Waals surface area contributed by atoms with Gasteiger partial charge < -0.3 is 0 Å². The van der Waals surface area contributed by atoms with E-state index in [4.69, 9.17) is 0 Å². The first-order chi connectivity index (χ1) is 10.6. The van der Waals surface area contributed by atoms with Crippen LogP contribution in [0.25, 0.3) is 11.1 Å². The molecule has 0 spiro atoms. The van der Waals surface area contributed by atoms with Gasteiger partial charge in [0.05, 0.1) is 0 Å². The molecule has 0 radical (unpaired) electrons. The summed E-state index contributed by atoms with van der Waals surface area (Å²) in [5.41, 5.74) is 7.35. The van der Waals surface area contributed by atoms with Crippen molar-refractivity contribution in [2.45, 2.75) is 26.7 Å². The van der Waals surface area contributed by atoms with E-state index in [0.29, 0.717) is 11.8 Å². The van der Waals surface area contributed by atoms with Gasteiger partial charge in [0, 0.05) is 11.8 Å². The molecule has 0 aromatic heterocycles. The molecule has 0 saturated carbocycles. The molecule has 0 heterocycles. The lowest BCUT2D eigenvalue weighted by Gasteiger charge is -2.37. The summed E-state index contributed by atoms with van der Waals surface area (Å²) < 4.78 is 0. The average molecular weight is 286 g/mol. The van der Waals surface area contributed by atoms with Gasteiger partial charge in [0.15, 0.2) is 0 Å². The Labute approximate surface area is 133 Å². The Kier molecular flexibility index (Phi) is 2.91. The first kappa shape index (κ1) is 13.6. The van der Waals surface area contributed by atoms with Gasteiger partial charge in [0.25, 0.3) is 0 Å². The van der Waals surface area contributed by atoms with Crippen LogP contribution in [-0.4, -0.2) is 0 Å². The predicted molar refractivity (Wildman–Crippen MR) is 93.9 cm³/mol. The van der Waals surface area contributed by atoms with Gasteiger partial charge in [-0.3, -0.25) is 0 Å². The van der Waals surface area contributed by atoms with Crippen molar-refractivity contribution in [2.24, 2.45) is 11.3 Å². The highest BCUT2D eigenvalue weighted by Gasteiger charge is 2.42. The highest BCUT2D eigenvalue weighted by molar-refractivity contribution is 5.79. The van der Waals surface area contributed by atoms with E-state index in [9.17, 15) is 0 Å². The topological polar surface area (TPSA) is 0 Å². The lowest BCUT2D eigenvalue weighted by Crippen LogP contribution is -2.28. The quantitative estimate of drug-likeness (QED) is 0.639. The van der Waals surface area contributed by atoms with Gasteiger partial charge in [-0.05, 0) is 34.6 Å². The number of hydrogen-bond acceptors (Lipinski definition) is 0. The zero-order valence-electron chi connectivity index (χ0n) is 13.5. The summed E-state index contributed by atoms with van der Waals surface area (Å²) in [7, 11) is 0. The number of fused-ring (bicyclic) bond motifs is 3. The zero-order chi connectivity index (χ0) is 15.3. The average Bonchev–Trinajstić information content (AvgIpc) is 3.09. The van der Waals surface area contributed by atoms with Gasteiger partial charge in [-0.2, -0.15) is 0 Å². The second-order valence-electron chi connectivity index (χ2n) is 7.22. The van der Waals surface area contributed by atoms with Crippen LogP contribution in [0.2, 0.25) is 0 Å². The fourth-order valence-electron chi connectivity index (χ4n) is 4.26. The first-order valence-electron chi connectivity index (χ1n) is 8.14. The maximum absolute atomic E-state index is 2.42. The standard InChI is InChI=1S/C22H22/c1-15-12-13-16(14-15)22(2,3)21-19-10-6-4-8-17(19)18-9-5-7-11-20(18)21/h4-14,16,21H,1-3H3. The minimum Gasteiger partial charge on any atom is -0.0768 e. The molecular formula is C22H22.